The number of likely N-dealkylation sites (tertiary alicyclic amines) is 1. The van der Waals surface area contributed by atoms with Gasteiger partial charge in [0.05, 0.1) is 28.8 Å². The average molecular weight is 447 g/mol. The summed E-state index contributed by atoms with van der Waals surface area (Å²) in [6, 6.07) is 5.10. The van der Waals surface area contributed by atoms with Crippen LogP contribution in [0.15, 0.2) is 23.1 Å². The Hall–Kier alpha value is -0.970. The van der Waals surface area contributed by atoms with E-state index in [2.05, 4.69) is 22.5 Å². The van der Waals surface area contributed by atoms with Crippen LogP contribution in [0.25, 0.3) is 0 Å². The van der Waals surface area contributed by atoms with E-state index in [1.807, 2.05) is 0 Å². The molecule has 2 heterocycles. The van der Waals surface area contributed by atoms with Crippen molar-refractivity contribution in [1.82, 2.24) is 14.5 Å². The summed E-state index contributed by atoms with van der Waals surface area (Å²) in [4.78, 5) is 2.62. The number of halogens is 1. The molecule has 2 aliphatic rings. The zero-order valence-electron chi connectivity index (χ0n) is 16.0. The van der Waals surface area contributed by atoms with Crippen LogP contribution in [-0.4, -0.2) is 74.7 Å². The van der Waals surface area contributed by atoms with Crippen LogP contribution in [0.2, 0.25) is 5.02 Å². The Bertz CT molecular complexity index is 800. The molecule has 0 amide bonds. The van der Waals surface area contributed by atoms with E-state index >= 15 is 0 Å². The maximum absolute atomic E-state index is 12.9. The fourth-order valence-electron chi connectivity index (χ4n) is 3.62. The molecule has 1 atom stereocenters. The minimum atomic E-state index is -3.59. The Kier molecular flexibility index (Phi) is 7.52. The monoisotopic (exact) mass is 446 g/mol. The first-order chi connectivity index (χ1) is 13.4. The molecular weight excluding hydrogens is 420 g/mol. The van der Waals surface area contributed by atoms with Gasteiger partial charge in [0.25, 0.3) is 0 Å². The number of sulfonamides is 1. The molecule has 1 unspecified atom stereocenters. The summed E-state index contributed by atoms with van der Waals surface area (Å²) in [5.41, 5.74) is 0.479. The Morgan fingerprint density at radius 2 is 2.07 bits per heavy atom. The van der Waals surface area contributed by atoms with Crippen LogP contribution < -0.4 is 10.6 Å². The molecule has 0 aromatic heterocycles. The van der Waals surface area contributed by atoms with Gasteiger partial charge in [-0.05, 0) is 56.3 Å². The number of nitrogens with zero attached hydrogens (tertiary/aromatic N) is 2. The lowest BCUT2D eigenvalue weighted by Crippen LogP contribution is -2.41. The number of nitrogens with one attached hydrogen (secondary N) is 2. The van der Waals surface area contributed by atoms with Crippen LogP contribution in [0, 0.1) is 0 Å². The lowest BCUT2D eigenvalue weighted by atomic mass is 10.2. The predicted octanol–water partition coefficient (Wildman–Crippen LogP) is 2.13. The van der Waals surface area contributed by atoms with Gasteiger partial charge in [-0.15, -0.1) is 0 Å². The first-order valence-electron chi connectivity index (χ1n) is 9.58. The number of rotatable bonds is 6. The molecule has 2 saturated heterocycles. The topological polar surface area (TPSA) is 73.9 Å². The van der Waals surface area contributed by atoms with Crippen LogP contribution in [0.1, 0.15) is 19.8 Å². The molecule has 1 aromatic rings. The standard InChI is InChI=1S/C18H27ClN4O3S2/c1-2-22-7-3-4-14(22)13-20-18(27)21-17-12-15(5-6-16(17)19)28(24,25)23-8-10-26-11-9-23/h5-6,12,14H,2-4,7-11,13H2,1H3,(H2,20,21,27). The fourth-order valence-corrected chi connectivity index (χ4v) is 5.41. The van der Waals surface area contributed by atoms with Gasteiger partial charge in [-0.2, -0.15) is 4.31 Å². The molecular formula is C18H27ClN4O3S2. The average Bonchev–Trinajstić information content (AvgIpc) is 3.16. The van der Waals surface area contributed by atoms with Crippen LogP contribution in [0.3, 0.4) is 0 Å². The van der Waals surface area contributed by atoms with Crippen LogP contribution in [-0.2, 0) is 14.8 Å². The van der Waals surface area contributed by atoms with Gasteiger partial charge in [0.15, 0.2) is 5.11 Å². The van der Waals surface area contributed by atoms with Gasteiger partial charge in [-0.3, -0.25) is 4.90 Å². The van der Waals surface area contributed by atoms with Crippen LogP contribution in [0.5, 0.6) is 0 Å². The molecule has 0 saturated carbocycles. The van der Waals surface area contributed by atoms with Gasteiger partial charge in [-0.1, -0.05) is 18.5 Å². The van der Waals surface area contributed by atoms with Crippen molar-refractivity contribution in [2.45, 2.75) is 30.7 Å². The van der Waals surface area contributed by atoms with Crippen molar-refractivity contribution in [3.8, 4) is 0 Å². The van der Waals surface area contributed by atoms with Gasteiger partial charge < -0.3 is 15.4 Å². The van der Waals surface area contributed by atoms with E-state index in [4.69, 9.17) is 28.6 Å². The first kappa shape index (κ1) is 21.7. The van der Waals surface area contributed by atoms with E-state index in [1.165, 1.54) is 22.9 Å². The SMILES string of the molecule is CCN1CCCC1CNC(=S)Nc1cc(S(=O)(=O)N2CCOCC2)ccc1Cl. The maximum atomic E-state index is 12.9. The molecule has 28 heavy (non-hydrogen) atoms. The van der Waals surface area contributed by atoms with Crippen molar-refractivity contribution in [2.24, 2.45) is 0 Å². The summed E-state index contributed by atoms with van der Waals surface area (Å²) in [5.74, 6) is 0. The lowest BCUT2D eigenvalue weighted by molar-refractivity contribution is 0.0730. The van der Waals surface area contributed by atoms with Crippen molar-refractivity contribution in [1.29, 1.82) is 0 Å². The van der Waals surface area contributed by atoms with E-state index in [0.29, 0.717) is 48.2 Å². The molecule has 1 aromatic carbocycles. The highest BCUT2D eigenvalue weighted by atomic mass is 35.5. The Labute approximate surface area is 177 Å². The zero-order chi connectivity index (χ0) is 20.1. The van der Waals surface area contributed by atoms with Crippen molar-refractivity contribution in [3.63, 3.8) is 0 Å². The summed E-state index contributed by atoms with van der Waals surface area (Å²) >= 11 is 11.7. The molecule has 10 heteroatoms. The second-order valence-electron chi connectivity index (χ2n) is 6.92. The van der Waals surface area contributed by atoms with E-state index in [-0.39, 0.29) is 4.90 Å². The number of hydrogen-bond acceptors (Lipinski definition) is 5. The molecule has 0 aliphatic carbocycles. The van der Waals surface area contributed by atoms with Gasteiger partial charge in [-0.25, -0.2) is 8.42 Å². The molecule has 156 valence electrons. The second kappa shape index (κ2) is 9.69. The van der Waals surface area contributed by atoms with Gasteiger partial charge in [0, 0.05) is 25.7 Å². The summed E-state index contributed by atoms with van der Waals surface area (Å²) in [7, 11) is -3.59. The van der Waals surface area contributed by atoms with Crippen LogP contribution in [0.4, 0.5) is 5.69 Å². The van der Waals surface area contributed by atoms with Gasteiger partial charge in [0.1, 0.15) is 0 Å². The number of hydrogen-bond donors (Lipinski definition) is 2. The summed E-state index contributed by atoms with van der Waals surface area (Å²) in [5, 5.41) is 7.13. The van der Waals surface area contributed by atoms with Crippen LogP contribution >= 0.6 is 23.8 Å². The molecule has 2 aliphatic heterocycles. The van der Waals surface area contributed by atoms with E-state index in [0.717, 1.165) is 26.1 Å². The summed E-state index contributed by atoms with van der Waals surface area (Å²) in [6.07, 6.45) is 2.35. The van der Waals surface area contributed by atoms with Crippen molar-refractivity contribution >= 4 is 44.6 Å². The molecule has 7 nitrogen and oxygen atoms in total. The highest BCUT2D eigenvalue weighted by Crippen LogP contribution is 2.27. The molecule has 0 bridgehead atoms. The van der Waals surface area contributed by atoms with Gasteiger partial charge >= 0.3 is 0 Å². The highest BCUT2D eigenvalue weighted by molar-refractivity contribution is 7.89. The lowest BCUT2D eigenvalue weighted by Gasteiger charge is -2.26. The number of thiocarbonyl (C=S) groups is 1. The van der Waals surface area contributed by atoms with E-state index < -0.39 is 10.0 Å². The van der Waals surface area contributed by atoms with E-state index in [9.17, 15) is 8.42 Å². The molecule has 2 N–H and O–H groups in total. The van der Waals surface area contributed by atoms with Crippen molar-refractivity contribution < 1.29 is 13.2 Å². The minimum Gasteiger partial charge on any atom is -0.379 e. The maximum Gasteiger partial charge on any atom is 0.243 e. The third kappa shape index (κ3) is 5.14. The third-order valence-electron chi connectivity index (χ3n) is 5.20. The molecule has 2 fully saturated rings. The quantitative estimate of drug-likeness (QED) is 0.648. The normalized spacial score (nSPS) is 21.6. The van der Waals surface area contributed by atoms with E-state index in [1.54, 1.807) is 6.07 Å². The predicted molar refractivity (Wildman–Crippen MR) is 116 cm³/mol. The smallest absolute Gasteiger partial charge is 0.243 e. The van der Waals surface area contributed by atoms with Crippen molar-refractivity contribution in [3.05, 3.63) is 23.2 Å². The number of benzene rings is 1. The Balaban J connectivity index is 1.65. The largest absolute Gasteiger partial charge is 0.379 e. The summed E-state index contributed by atoms with van der Waals surface area (Å²) < 4.78 is 32.4. The van der Waals surface area contributed by atoms with Gasteiger partial charge in [0.2, 0.25) is 10.0 Å². The third-order valence-corrected chi connectivity index (χ3v) is 7.67. The second-order valence-corrected chi connectivity index (χ2v) is 9.67. The Morgan fingerprint density at radius 3 is 2.79 bits per heavy atom. The number of ether oxygens (including phenoxy) is 1. The highest BCUT2D eigenvalue weighted by Gasteiger charge is 2.27. The fraction of sp³-hybridized carbons (Fsp3) is 0.611. The number of anilines is 1. The molecule has 0 spiro atoms. The Morgan fingerprint density at radius 1 is 1.32 bits per heavy atom. The number of likely N-dealkylation sites (N-methyl/N-ethyl adjacent to an activating group) is 1. The zero-order valence-corrected chi connectivity index (χ0v) is 18.4. The van der Waals surface area contributed by atoms with Crippen molar-refractivity contribution in [2.75, 3.05) is 51.3 Å². The molecule has 3 rings (SSSR count). The first-order valence-corrected chi connectivity index (χ1v) is 11.8. The minimum absolute atomic E-state index is 0.192. The number of morpholine rings is 1. The molecule has 0 radical (unpaired) electrons. The summed E-state index contributed by atoms with van der Waals surface area (Å²) in [6.45, 7) is 6.57.